The van der Waals surface area contributed by atoms with Crippen LogP contribution in [0.2, 0.25) is 0 Å². The van der Waals surface area contributed by atoms with E-state index in [4.69, 9.17) is 0 Å². The minimum absolute atomic E-state index is 0.177. The van der Waals surface area contributed by atoms with Crippen LogP contribution in [0.3, 0.4) is 0 Å². The van der Waals surface area contributed by atoms with Crippen molar-refractivity contribution in [1.29, 1.82) is 0 Å². The number of aromatic nitrogens is 2. The number of hydrogen-bond acceptors (Lipinski definition) is 4. The molecule has 1 aliphatic heterocycles. The van der Waals surface area contributed by atoms with Gasteiger partial charge in [0.25, 0.3) is 17.0 Å². The number of benzene rings is 1. The van der Waals surface area contributed by atoms with Crippen molar-refractivity contribution in [2.75, 3.05) is 24.5 Å². The van der Waals surface area contributed by atoms with Crippen molar-refractivity contribution in [2.45, 2.75) is 19.4 Å². The summed E-state index contributed by atoms with van der Waals surface area (Å²) in [7, 11) is 0. The standard InChI is InChI=1S/C17H20N4O3/c22-15-7-8-16(23)21(19-15)12-9-18-17(24)13-5-1-2-6-14(13)20-10-3-4-11-20/h1-2,5-8H,3-4,9-12H2,(H,18,24)(H,19,22). The third-order valence-corrected chi connectivity index (χ3v) is 4.10. The highest BCUT2D eigenvalue weighted by atomic mass is 16.2. The predicted molar refractivity (Wildman–Crippen MR) is 91.5 cm³/mol. The normalized spacial score (nSPS) is 13.9. The van der Waals surface area contributed by atoms with E-state index in [1.54, 1.807) is 6.07 Å². The van der Waals surface area contributed by atoms with E-state index < -0.39 is 0 Å². The highest BCUT2D eigenvalue weighted by Gasteiger charge is 2.18. The highest BCUT2D eigenvalue weighted by molar-refractivity contribution is 5.99. The summed E-state index contributed by atoms with van der Waals surface area (Å²) in [6.45, 7) is 2.40. The van der Waals surface area contributed by atoms with Gasteiger partial charge in [-0.2, -0.15) is 0 Å². The summed E-state index contributed by atoms with van der Waals surface area (Å²) in [5.74, 6) is -0.177. The number of H-pyrrole nitrogens is 1. The van der Waals surface area contributed by atoms with Gasteiger partial charge in [-0.15, -0.1) is 0 Å². The molecule has 0 unspecified atom stereocenters. The van der Waals surface area contributed by atoms with E-state index in [2.05, 4.69) is 15.3 Å². The lowest BCUT2D eigenvalue weighted by Gasteiger charge is -2.20. The van der Waals surface area contributed by atoms with Gasteiger partial charge in [0.15, 0.2) is 0 Å². The molecule has 3 rings (SSSR count). The monoisotopic (exact) mass is 328 g/mol. The Morgan fingerprint density at radius 3 is 2.62 bits per heavy atom. The molecular weight excluding hydrogens is 308 g/mol. The first-order chi connectivity index (χ1) is 11.6. The molecule has 0 radical (unpaired) electrons. The third-order valence-electron chi connectivity index (χ3n) is 4.10. The van der Waals surface area contributed by atoms with E-state index in [1.807, 2.05) is 18.2 Å². The number of nitrogens with one attached hydrogen (secondary N) is 2. The maximum atomic E-state index is 12.5. The predicted octanol–water partition coefficient (Wildman–Crippen LogP) is 0.567. The van der Waals surface area contributed by atoms with Gasteiger partial charge in [-0.3, -0.25) is 19.5 Å². The molecule has 7 nitrogen and oxygen atoms in total. The Labute approximate surface area is 138 Å². The Morgan fingerprint density at radius 2 is 1.83 bits per heavy atom. The average molecular weight is 328 g/mol. The van der Waals surface area contributed by atoms with Crippen molar-refractivity contribution >= 4 is 11.6 Å². The fraction of sp³-hybridized carbons (Fsp3) is 0.353. The summed E-state index contributed by atoms with van der Waals surface area (Å²) in [6, 6.07) is 9.93. The Bertz CT molecular complexity index is 834. The van der Waals surface area contributed by atoms with Crippen LogP contribution in [0.1, 0.15) is 23.2 Å². The van der Waals surface area contributed by atoms with Crippen LogP contribution in [0.5, 0.6) is 0 Å². The fourth-order valence-corrected chi connectivity index (χ4v) is 2.90. The lowest BCUT2D eigenvalue weighted by molar-refractivity contribution is 0.0952. The second kappa shape index (κ2) is 7.16. The third kappa shape index (κ3) is 3.56. The smallest absolute Gasteiger partial charge is 0.265 e. The Balaban J connectivity index is 1.66. The van der Waals surface area contributed by atoms with Crippen LogP contribution in [0.15, 0.2) is 46.0 Å². The van der Waals surface area contributed by atoms with Gasteiger partial charge in [0.1, 0.15) is 0 Å². The molecule has 1 aromatic heterocycles. The van der Waals surface area contributed by atoms with Gasteiger partial charge in [0, 0.05) is 37.5 Å². The van der Waals surface area contributed by atoms with Crippen LogP contribution in [-0.4, -0.2) is 35.3 Å². The van der Waals surface area contributed by atoms with Gasteiger partial charge < -0.3 is 10.2 Å². The van der Waals surface area contributed by atoms with E-state index in [1.165, 1.54) is 16.8 Å². The molecule has 1 aromatic carbocycles. The molecule has 1 amide bonds. The summed E-state index contributed by atoms with van der Waals surface area (Å²) < 4.78 is 1.19. The zero-order valence-electron chi connectivity index (χ0n) is 13.3. The number of rotatable bonds is 5. The molecule has 1 fully saturated rings. The van der Waals surface area contributed by atoms with Crippen molar-refractivity contribution in [3.63, 3.8) is 0 Å². The first kappa shape index (κ1) is 16.0. The summed E-state index contributed by atoms with van der Waals surface area (Å²) >= 11 is 0. The van der Waals surface area contributed by atoms with Crippen LogP contribution in [-0.2, 0) is 6.54 Å². The van der Waals surface area contributed by atoms with E-state index in [9.17, 15) is 14.4 Å². The lowest BCUT2D eigenvalue weighted by atomic mass is 10.1. The number of amides is 1. The largest absolute Gasteiger partial charge is 0.371 e. The van der Waals surface area contributed by atoms with Gasteiger partial charge in [-0.1, -0.05) is 12.1 Å². The minimum Gasteiger partial charge on any atom is -0.371 e. The lowest BCUT2D eigenvalue weighted by Crippen LogP contribution is -2.34. The highest BCUT2D eigenvalue weighted by Crippen LogP contribution is 2.24. The Morgan fingerprint density at radius 1 is 1.08 bits per heavy atom. The van der Waals surface area contributed by atoms with E-state index in [0.29, 0.717) is 5.56 Å². The maximum absolute atomic E-state index is 12.5. The summed E-state index contributed by atoms with van der Waals surface area (Å²) in [4.78, 5) is 37.5. The molecule has 7 heteroatoms. The second-order valence-electron chi connectivity index (χ2n) is 5.77. The van der Waals surface area contributed by atoms with Crippen LogP contribution in [0, 0.1) is 0 Å². The molecule has 2 aromatic rings. The van der Waals surface area contributed by atoms with Gasteiger partial charge >= 0.3 is 0 Å². The zero-order valence-corrected chi connectivity index (χ0v) is 13.3. The van der Waals surface area contributed by atoms with Gasteiger partial charge in [-0.05, 0) is 25.0 Å². The summed E-state index contributed by atoms with van der Waals surface area (Å²) in [6.07, 6.45) is 2.28. The quantitative estimate of drug-likeness (QED) is 0.840. The van der Waals surface area contributed by atoms with Crippen LogP contribution >= 0.6 is 0 Å². The van der Waals surface area contributed by atoms with Crippen LogP contribution in [0.25, 0.3) is 0 Å². The van der Waals surface area contributed by atoms with Crippen molar-refractivity contribution in [1.82, 2.24) is 15.1 Å². The summed E-state index contributed by atoms with van der Waals surface area (Å²) in [5, 5.41) is 5.24. The van der Waals surface area contributed by atoms with E-state index in [0.717, 1.165) is 31.6 Å². The van der Waals surface area contributed by atoms with Crippen molar-refractivity contribution in [2.24, 2.45) is 0 Å². The molecule has 0 atom stereocenters. The number of anilines is 1. The van der Waals surface area contributed by atoms with Gasteiger partial charge in [0.05, 0.1) is 12.1 Å². The van der Waals surface area contributed by atoms with Crippen molar-refractivity contribution in [3.05, 3.63) is 62.7 Å². The molecule has 2 N–H and O–H groups in total. The molecule has 0 aliphatic carbocycles. The van der Waals surface area contributed by atoms with Crippen molar-refractivity contribution in [3.8, 4) is 0 Å². The van der Waals surface area contributed by atoms with Crippen LogP contribution in [0.4, 0.5) is 5.69 Å². The average Bonchev–Trinajstić information content (AvgIpc) is 3.12. The number of nitrogens with zero attached hydrogens (tertiary/aromatic N) is 2. The number of carbonyl (C=O) groups excluding carboxylic acids is 1. The van der Waals surface area contributed by atoms with Gasteiger partial charge in [-0.25, -0.2) is 4.68 Å². The second-order valence-corrected chi connectivity index (χ2v) is 5.77. The number of hydrogen-bond donors (Lipinski definition) is 2. The molecule has 1 saturated heterocycles. The minimum atomic E-state index is -0.347. The number of carbonyl (C=O) groups is 1. The first-order valence-electron chi connectivity index (χ1n) is 8.07. The topological polar surface area (TPSA) is 87.2 Å². The maximum Gasteiger partial charge on any atom is 0.265 e. The molecule has 0 saturated carbocycles. The van der Waals surface area contributed by atoms with E-state index >= 15 is 0 Å². The zero-order chi connectivity index (χ0) is 16.9. The van der Waals surface area contributed by atoms with Crippen LogP contribution < -0.4 is 21.3 Å². The first-order valence-corrected chi connectivity index (χ1v) is 8.07. The molecule has 126 valence electrons. The number of aromatic amines is 1. The summed E-state index contributed by atoms with van der Waals surface area (Å²) in [5.41, 5.74) is 0.924. The van der Waals surface area contributed by atoms with Crippen molar-refractivity contribution < 1.29 is 4.79 Å². The molecule has 0 spiro atoms. The Hall–Kier alpha value is -2.83. The fourth-order valence-electron chi connectivity index (χ4n) is 2.90. The van der Waals surface area contributed by atoms with E-state index in [-0.39, 0.29) is 30.1 Å². The number of para-hydroxylation sites is 1. The molecular formula is C17H20N4O3. The molecule has 0 bridgehead atoms. The SMILES string of the molecule is O=C(NCCn1[nH]c(=O)ccc1=O)c1ccccc1N1CCCC1. The Kier molecular flexibility index (Phi) is 4.79. The molecule has 1 aliphatic rings. The molecule has 2 heterocycles. The van der Waals surface area contributed by atoms with Gasteiger partial charge in [0.2, 0.25) is 0 Å². The molecule has 24 heavy (non-hydrogen) atoms.